The van der Waals surface area contributed by atoms with E-state index in [4.69, 9.17) is 0 Å². The fraction of sp³-hybridized carbons (Fsp3) is 0.600. The van der Waals surface area contributed by atoms with E-state index in [0.717, 1.165) is 37.8 Å². The maximum absolute atomic E-state index is 11.1. The van der Waals surface area contributed by atoms with E-state index in [1.165, 1.54) is 5.56 Å². The molecular weight excluding hydrogens is 240 g/mol. The van der Waals surface area contributed by atoms with Crippen LogP contribution >= 0.6 is 0 Å². The molecule has 1 N–H and O–H groups in total. The van der Waals surface area contributed by atoms with Crippen molar-refractivity contribution in [2.24, 2.45) is 0 Å². The number of nitrogens with zero attached hydrogens (tertiary/aromatic N) is 1. The van der Waals surface area contributed by atoms with Gasteiger partial charge in [-0.05, 0) is 37.0 Å². The summed E-state index contributed by atoms with van der Waals surface area (Å²) in [6.07, 6.45) is 5.86. The fourth-order valence-electron chi connectivity index (χ4n) is 2.80. The third kappa shape index (κ3) is 3.69. The van der Waals surface area contributed by atoms with Gasteiger partial charge in [0, 0.05) is 17.0 Å². The maximum Gasteiger partial charge on any atom is 0.232 e. The van der Waals surface area contributed by atoms with Crippen molar-refractivity contribution in [1.29, 1.82) is 0 Å². The summed E-state index contributed by atoms with van der Waals surface area (Å²) in [5.41, 5.74) is 2.32. The van der Waals surface area contributed by atoms with E-state index in [9.17, 15) is 10.1 Å². The van der Waals surface area contributed by atoms with Crippen molar-refractivity contribution in [1.82, 2.24) is 0 Å². The highest BCUT2D eigenvalue weighted by Crippen LogP contribution is 2.24. The molecule has 4 nitrogen and oxygen atoms in total. The van der Waals surface area contributed by atoms with E-state index in [1.807, 2.05) is 12.1 Å². The molecule has 0 radical (unpaired) electrons. The van der Waals surface area contributed by atoms with Crippen LogP contribution in [0, 0.1) is 10.1 Å². The van der Waals surface area contributed by atoms with E-state index in [-0.39, 0.29) is 11.0 Å². The van der Waals surface area contributed by atoms with E-state index in [1.54, 1.807) is 0 Å². The van der Waals surface area contributed by atoms with Gasteiger partial charge in [-0.2, -0.15) is 0 Å². The van der Waals surface area contributed by atoms with Crippen LogP contribution in [0.4, 0.5) is 5.69 Å². The molecule has 1 saturated carbocycles. The molecule has 2 rings (SSSR count). The molecule has 1 aromatic rings. The first-order chi connectivity index (χ1) is 9.20. The maximum atomic E-state index is 11.1. The van der Waals surface area contributed by atoms with Crippen LogP contribution in [-0.4, -0.2) is 17.0 Å². The lowest BCUT2D eigenvalue weighted by Crippen LogP contribution is -2.41. The molecule has 0 spiro atoms. The summed E-state index contributed by atoms with van der Waals surface area (Å²) in [6.45, 7) is 2.16. The van der Waals surface area contributed by atoms with E-state index < -0.39 is 6.04 Å². The lowest BCUT2D eigenvalue weighted by molar-refractivity contribution is -0.527. The highest BCUT2D eigenvalue weighted by molar-refractivity contribution is 5.45. The Bertz CT molecular complexity index is 417. The highest BCUT2D eigenvalue weighted by atomic mass is 16.6. The van der Waals surface area contributed by atoms with E-state index >= 15 is 0 Å². The van der Waals surface area contributed by atoms with Gasteiger partial charge in [0.2, 0.25) is 6.04 Å². The van der Waals surface area contributed by atoms with E-state index in [2.05, 4.69) is 24.4 Å². The monoisotopic (exact) mass is 262 g/mol. The van der Waals surface area contributed by atoms with Gasteiger partial charge in [0.1, 0.15) is 0 Å². The quantitative estimate of drug-likeness (QED) is 0.651. The molecular formula is C15H22N2O2. The van der Waals surface area contributed by atoms with Gasteiger partial charge in [-0.15, -0.1) is 0 Å². The average Bonchev–Trinajstić information content (AvgIpc) is 2.42. The van der Waals surface area contributed by atoms with Gasteiger partial charge in [0.15, 0.2) is 0 Å². The molecule has 1 aliphatic rings. The summed E-state index contributed by atoms with van der Waals surface area (Å²) in [6, 6.07) is 7.82. The van der Waals surface area contributed by atoms with E-state index in [0.29, 0.717) is 6.42 Å². The standard InChI is InChI=1S/C15H22N2O2/c1-2-5-12-8-10-13(11-9-12)16-14-6-3-4-7-15(14)17(18)19/h8-11,14-16H,2-7H2,1H3/t14-,15-/m1/s1. The predicted molar refractivity (Wildman–Crippen MR) is 77.1 cm³/mol. The Morgan fingerprint density at radius 2 is 1.95 bits per heavy atom. The number of hydrogen-bond donors (Lipinski definition) is 1. The van der Waals surface area contributed by atoms with Crippen LogP contribution < -0.4 is 5.32 Å². The molecule has 0 amide bonds. The molecule has 0 saturated heterocycles. The largest absolute Gasteiger partial charge is 0.376 e. The Labute approximate surface area is 114 Å². The van der Waals surface area contributed by atoms with Crippen molar-refractivity contribution in [3.8, 4) is 0 Å². The van der Waals surface area contributed by atoms with Crippen LogP contribution in [0.15, 0.2) is 24.3 Å². The van der Waals surface area contributed by atoms with Gasteiger partial charge in [-0.3, -0.25) is 10.1 Å². The number of benzene rings is 1. The Morgan fingerprint density at radius 1 is 1.26 bits per heavy atom. The number of rotatable bonds is 5. The number of anilines is 1. The third-order valence-corrected chi connectivity index (χ3v) is 3.84. The first kappa shape index (κ1) is 13.8. The fourth-order valence-corrected chi connectivity index (χ4v) is 2.80. The van der Waals surface area contributed by atoms with Crippen LogP contribution in [-0.2, 0) is 6.42 Å². The molecule has 1 aromatic carbocycles. The minimum absolute atomic E-state index is 0.0271. The predicted octanol–water partition coefficient (Wildman–Crippen LogP) is 3.64. The van der Waals surface area contributed by atoms with Crippen molar-refractivity contribution in [2.75, 3.05) is 5.32 Å². The van der Waals surface area contributed by atoms with Gasteiger partial charge in [-0.1, -0.05) is 31.9 Å². The van der Waals surface area contributed by atoms with Crippen molar-refractivity contribution < 1.29 is 4.92 Å². The molecule has 104 valence electrons. The van der Waals surface area contributed by atoms with Crippen molar-refractivity contribution in [3.05, 3.63) is 39.9 Å². The Morgan fingerprint density at radius 3 is 2.58 bits per heavy atom. The minimum atomic E-state index is -0.441. The molecule has 1 fully saturated rings. The van der Waals surface area contributed by atoms with Crippen molar-refractivity contribution >= 4 is 5.69 Å². The normalized spacial score (nSPS) is 23.0. The lowest BCUT2D eigenvalue weighted by Gasteiger charge is -2.27. The molecule has 0 bridgehead atoms. The van der Waals surface area contributed by atoms with Crippen molar-refractivity contribution in [2.45, 2.75) is 57.5 Å². The van der Waals surface area contributed by atoms with Gasteiger partial charge < -0.3 is 5.32 Å². The molecule has 0 aliphatic heterocycles. The molecule has 19 heavy (non-hydrogen) atoms. The Hall–Kier alpha value is -1.58. The molecule has 4 heteroatoms. The zero-order chi connectivity index (χ0) is 13.7. The molecule has 0 unspecified atom stereocenters. The van der Waals surface area contributed by atoms with Gasteiger partial charge in [0.25, 0.3) is 0 Å². The topological polar surface area (TPSA) is 55.2 Å². The first-order valence-corrected chi connectivity index (χ1v) is 7.19. The highest BCUT2D eigenvalue weighted by Gasteiger charge is 2.33. The summed E-state index contributed by atoms with van der Waals surface area (Å²) >= 11 is 0. The number of hydrogen-bond acceptors (Lipinski definition) is 3. The van der Waals surface area contributed by atoms with Crippen LogP contribution in [0.5, 0.6) is 0 Å². The Kier molecular flexibility index (Phi) is 4.77. The second-order valence-corrected chi connectivity index (χ2v) is 5.33. The van der Waals surface area contributed by atoms with Gasteiger partial charge >= 0.3 is 0 Å². The summed E-state index contributed by atoms with van der Waals surface area (Å²) in [4.78, 5) is 10.9. The number of nitrogens with one attached hydrogen (secondary N) is 1. The molecule has 0 heterocycles. The zero-order valence-electron chi connectivity index (χ0n) is 11.5. The number of aryl methyl sites for hydroxylation is 1. The molecule has 1 aliphatic carbocycles. The zero-order valence-corrected chi connectivity index (χ0v) is 11.5. The Balaban J connectivity index is 2.00. The lowest BCUT2D eigenvalue weighted by atomic mass is 9.90. The van der Waals surface area contributed by atoms with Crippen LogP contribution in [0.2, 0.25) is 0 Å². The van der Waals surface area contributed by atoms with Gasteiger partial charge in [0.05, 0.1) is 6.04 Å². The summed E-state index contributed by atoms with van der Waals surface area (Å²) < 4.78 is 0. The average molecular weight is 262 g/mol. The minimum Gasteiger partial charge on any atom is -0.376 e. The second kappa shape index (κ2) is 6.55. The molecule has 2 atom stereocenters. The second-order valence-electron chi connectivity index (χ2n) is 5.33. The van der Waals surface area contributed by atoms with Crippen molar-refractivity contribution in [3.63, 3.8) is 0 Å². The number of nitro groups is 1. The smallest absolute Gasteiger partial charge is 0.232 e. The van der Waals surface area contributed by atoms with Crippen LogP contribution in [0.1, 0.15) is 44.6 Å². The summed E-state index contributed by atoms with van der Waals surface area (Å²) in [7, 11) is 0. The molecule has 0 aromatic heterocycles. The first-order valence-electron chi connectivity index (χ1n) is 7.19. The third-order valence-electron chi connectivity index (χ3n) is 3.84. The van der Waals surface area contributed by atoms with Gasteiger partial charge in [-0.25, -0.2) is 0 Å². The summed E-state index contributed by atoms with van der Waals surface area (Å²) in [5.74, 6) is 0. The SMILES string of the molecule is CCCc1ccc(N[C@@H]2CCCC[C@H]2[N+](=O)[O-])cc1. The van der Waals surface area contributed by atoms with Crippen LogP contribution in [0.3, 0.4) is 0 Å². The summed E-state index contributed by atoms with van der Waals surface area (Å²) in [5, 5.41) is 14.4. The van der Waals surface area contributed by atoms with Crippen LogP contribution in [0.25, 0.3) is 0 Å².